The summed E-state index contributed by atoms with van der Waals surface area (Å²) >= 11 is 0. The summed E-state index contributed by atoms with van der Waals surface area (Å²) in [5.74, 6) is 1.83. The van der Waals surface area contributed by atoms with Crippen molar-refractivity contribution in [2.75, 3.05) is 0 Å². The van der Waals surface area contributed by atoms with Gasteiger partial charge in [-0.15, -0.1) is 0 Å². The molecule has 0 fully saturated rings. The summed E-state index contributed by atoms with van der Waals surface area (Å²) < 4.78 is 12.0. The maximum absolute atomic E-state index is 11.3. The van der Waals surface area contributed by atoms with E-state index in [2.05, 4.69) is 4.98 Å². The number of fused-ring (bicyclic) bond motifs is 1. The molecule has 0 saturated carbocycles. The number of nitro groups is 1. The van der Waals surface area contributed by atoms with Gasteiger partial charge in [0.25, 0.3) is 5.69 Å². The summed E-state index contributed by atoms with van der Waals surface area (Å²) in [6, 6.07) is 18.7. The molecule has 1 N–H and O–H groups in total. The molecule has 6 nitrogen and oxygen atoms in total. The van der Waals surface area contributed by atoms with Gasteiger partial charge in [0.1, 0.15) is 23.9 Å². The van der Waals surface area contributed by atoms with E-state index in [1.54, 1.807) is 0 Å². The molecule has 0 unspecified atom stereocenters. The Bertz CT molecular complexity index is 1200. The number of rotatable bonds is 4. The van der Waals surface area contributed by atoms with E-state index in [1.165, 1.54) is 12.1 Å². The van der Waals surface area contributed by atoms with Crippen LogP contribution < -0.4 is 9.47 Å². The highest BCUT2D eigenvalue weighted by Gasteiger charge is 2.22. The van der Waals surface area contributed by atoms with Crippen molar-refractivity contribution in [3.63, 3.8) is 0 Å². The molecule has 0 amide bonds. The summed E-state index contributed by atoms with van der Waals surface area (Å²) in [6.45, 7) is 0.459. The Hall–Kier alpha value is -3.80. The fourth-order valence-electron chi connectivity index (χ4n) is 3.54. The molecular formula is C22H16N2O4. The Balaban J connectivity index is 1.50. The number of nitro benzene ring substituents is 1. The Morgan fingerprint density at radius 2 is 1.89 bits per heavy atom. The zero-order valence-electron chi connectivity index (χ0n) is 14.8. The van der Waals surface area contributed by atoms with Crippen LogP contribution in [0.4, 0.5) is 5.69 Å². The predicted octanol–water partition coefficient (Wildman–Crippen LogP) is 5.35. The van der Waals surface area contributed by atoms with Crippen LogP contribution in [0.2, 0.25) is 0 Å². The number of aromatic nitrogens is 1. The van der Waals surface area contributed by atoms with Crippen molar-refractivity contribution in [2.45, 2.75) is 13.0 Å². The molecule has 0 saturated heterocycles. The summed E-state index contributed by atoms with van der Waals surface area (Å²) in [4.78, 5) is 14.0. The number of hydrogen-bond donors (Lipinski definition) is 1. The Labute approximate surface area is 160 Å². The van der Waals surface area contributed by atoms with Crippen molar-refractivity contribution in [3.8, 4) is 17.2 Å². The lowest BCUT2D eigenvalue weighted by Crippen LogP contribution is -1.97. The van der Waals surface area contributed by atoms with E-state index >= 15 is 0 Å². The average molecular weight is 372 g/mol. The van der Waals surface area contributed by atoms with Gasteiger partial charge in [-0.05, 0) is 22.8 Å². The summed E-state index contributed by atoms with van der Waals surface area (Å²) in [7, 11) is 0. The largest absolute Gasteiger partial charge is 0.489 e. The molecule has 0 aliphatic carbocycles. The minimum Gasteiger partial charge on any atom is -0.489 e. The monoisotopic (exact) mass is 372 g/mol. The lowest BCUT2D eigenvalue weighted by molar-refractivity contribution is -0.384. The van der Waals surface area contributed by atoms with Gasteiger partial charge in [0.05, 0.1) is 16.5 Å². The van der Waals surface area contributed by atoms with Crippen LogP contribution >= 0.6 is 0 Å². The van der Waals surface area contributed by atoms with E-state index < -0.39 is 4.92 Å². The predicted molar refractivity (Wildman–Crippen MR) is 105 cm³/mol. The molecule has 0 atom stereocenters. The molecule has 4 aromatic rings. The Kier molecular flexibility index (Phi) is 3.76. The standard InChI is InChI=1S/C22H16N2O4/c25-24(26)17-9-19-22-16(12-23-19)8-15-6-7-18(11-20(15)28-21(22)10-17)27-13-14-4-2-1-3-5-14/h1-7,9-12,23H,8,13H2. The first-order valence-corrected chi connectivity index (χ1v) is 8.93. The van der Waals surface area contributed by atoms with Gasteiger partial charge in [-0.2, -0.15) is 0 Å². The molecule has 0 bridgehead atoms. The van der Waals surface area contributed by atoms with Crippen LogP contribution in [0.25, 0.3) is 10.9 Å². The zero-order valence-corrected chi connectivity index (χ0v) is 14.8. The van der Waals surface area contributed by atoms with Crippen LogP contribution in [0, 0.1) is 10.1 Å². The number of H-pyrrole nitrogens is 1. The van der Waals surface area contributed by atoms with Gasteiger partial charge < -0.3 is 14.5 Å². The molecule has 2 heterocycles. The minimum absolute atomic E-state index is 0.00386. The molecule has 0 radical (unpaired) electrons. The van der Waals surface area contributed by atoms with Gasteiger partial charge >= 0.3 is 0 Å². The van der Waals surface area contributed by atoms with E-state index in [0.29, 0.717) is 35.8 Å². The maximum Gasteiger partial charge on any atom is 0.275 e. The first-order valence-electron chi connectivity index (χ1n) is 8.93. The van der Waals surface area contributed by atoms with Crippen molar-refractivity contribution in [1.29, 1.82) is 0 Å². The SMILES string of the molecule is O=[N+]([O-])c1cc2c3c(c[nH]c3c1)Cc1ccc(OCc3ccccc3)cc1O2. The minimum atomic E-state index is -0.412. The highest BCUT2D eigenvalue weighted by molar-refractivity contribution is 5.92. The number of aromatic amines is 1. The number of ether oxygens (including phenoxy) is 2. The quantitative estimate of drug-likeness (QED) is 0.341. The molecule has 1 aliphatic rings. The van der Waals surface area contributed by atoms with Gasteiger partial charge in [0, 0.05) is 30.1 Å². The Morgan fingerprint density at radius 1 is 1.04 bits per heavy atom. The van der Waals surface area contributed by atoms with Crippen molar-refractivity contribution in [2.24, 2.45) is 0 Å². The normalized spacial score (nSPS) is 12.1. The van der Waals surface area contributed by atoms with Crippen LogP contribution in [0.3, 0.4) is 0 Å². The number of hydrogen-bond acceptors (Lipinski definition) is 4. The van der Waals surface area contributed by atoms with Crippen LogP contribution in [-0.2, 0) is 13.0 Å². The molecule has 6 heteroatoms. The molecule has 138 valence electrons. The van der Waals surface area contributed by atoms with Gasteiger partial charge in [0.15, 0.2) is 0 Å². The number of benzene rings is 3. The second-order valence-electron chi connectivity index (χ2n) is 6.76. The van der Waals surface area contributed by atoms with Crippen molar-refractivity contribution < 1.29 is 14.4 Å². The molecule has 1 aliphatic heterocycles. The second kappa shape index (κ2) is 6.42. The molecular weight excluding hydrogens is 356 g/mol. The lowest BCUT2D eigenvalue weighted by Gasteiger charge is -2.12. The van der Waals surface area contributed by atoms with Gasteiger partial charge in [-0.3, -0.25) is 10.1 Å². The molecule has 3 aromatic carbocycles. The van der Waals surface area contributed by atoms with Crippen LogP contribution in [-0.4, -0.2) is 9.91 Å². The average Bonchev–Trinajstić information content (AvgIpc) is 3.04. The van der Waals surface area contributed by atoms with E-state index in [9.17, 15) is 10.1 Å². The van der Waals surface area contributed by atoms with Gasteiger partial charge in [0.2, 0.25) is 0 Å². The first-order chi connectivity index (χ1) is 13.7. The molecule has 28 heavy (non-hydrogen) atoms. The topological polar surface area (TPSA) is 77.4 Å². The van der Waals surface area contributed by atoms with Crippen LogP contribution in [0.15, 0.2) is 66.9 Å². The lowest BCUT2D eigenvalue weighted by atomic mass is 10.0. The van der Waals surface area contributed by atoms with E-state index in [1.807, 2.05) is 54.7 Å². The van der Waals surface area contributed by atoms with Gasteiger partial charge in [-0.1, -0.05) is 36.4 Å². The molecule has 5 rings (SSSR count). The highest BCUT2D eigenvalue weighted by Crippen LogP contribution is 2.42. The Morgan fingerprint density at radius 3 is 2.71 bits per heavy atom. The fraction of sp³-hybridized carbons (Fsp3) is 0.0909. The number of non-ortho nitro benzene ring substituents is 1. The second-order valence-corrected chi connectivity index (χ2v) is 6.76. The van der Waals surface area contributed by atoms with Crippen molar-refractivity contribution in [3.05, 3.63) is 93.7 Å². The third kappa shape index (κ3) is 2.85. The van der Waals surface area contributed by atoms with Crippen molar-refractivity contribution in [1.82, 2.24) is 4.98 Å². The third-order valence-corrected chi connectivity index (χ3v) is 4.91. The summed E-state index contributed by atoms with van der Waals surface area (Å²) in [5, 5.41) is 12.1. The van der Waals surface area contributed by atoms with E-state index in [4.69, 9.17) is 9.47 Å². The number of nitrogens with one attached hydrogen (secondary N) is 1. The summed E-state index contributed by atoms with van der Waals surface area (Å²) in [6.07, 6.45) is 2.56. The molecule has 1 aromatic heterocycles. The fourth-order valence-corrected chi connectivity index (χ4v) is 3.54. The van der Waals surface area contributed by atoms with Crippen LogP contribution in [0.5, 0.6) is 17.2 Å². The van der Waals surface area contributed by atoms with Gasteiger partial charge in [-0.25, -0.2) is 0 Å². The smallest absolute Gasteiger partial charge is 0.275 e. The van der Waals surface area contributed by atoms with E-state index in [-0.39, 0.29) is 5.69 Å². The number of nitrogens with zero attached hydrogens (tertiary/aromatic N) is 1. The highest BCUT2D eigenvalue weighted by atomic mass is 16.6. The first kappa shape index (κ1) is 16.4. The van der Waals surface area contributed by atoms with Crippen molar-refractivity contribution >= 4 is 16.6 Å². The summed E-state index contributed by atoms with van der Waals surface area (Å²) in [5.41, 5.74) is 3.83. The zero-order chi connectivity index (χ0) is 19.1. The third-order valence-electron chi connectivity index (χ3n) is 4.91. The van der Waals surface area contributed by atoms with E-state index in [0.717, 1.165) is 22.1 Å². The van der Waals surface area contributed by atoms with Crippen LogP contribution in [0.1, 0.15) is 16.7 Å². The maximum atomic E-state index is 11.3. The molecule has 0 spiro atoms.